The van der Waals surface area contributed by atoms with Crippen molar-refractivity contribution in [1.82, 2.24) is 0 Å². The van der Waals surface area contributed by atoms with Crippen molar-refractivity contribution < 1.29 is 5.11 Å². The van der Waals surface area contributed by atoms with Crippen LogP contribution in [0.25, 0.3) is 0 Å². The topological polar surface area (TPSA) is 20.2 Å². The fourth-order valence-corrected chi connectivity index (χ4v) is 6.66. The van der Waals surface area contributed by atoms with Gasteiger partial charge in [0.15, 0.2) is 0 Å². The van der Waals surface area contributed by atoms with Gasteiger partial charge in [0.25, 0.3) is 0 Å². The summed E-state index contributed by atoms with van der Waals surface area (Å²) < 4.78 is 0. The van der Waals surface area contributed by atoms with E-state index in [9.17, 15) is 5.11 Å². The number of aliphatic hydroxyl groups excluding tert-OH is 1. The largest absolute Gasteiger partial charge is 0.393 e. The summed E-state index contributed by atoms with van der Waals surface area (Å²) in [4.78, 5) is 0. The van der Waals surface area contributed by atoms with Gasteiger partial charge in [0.1, 0.15) is 0 Å². The molecule has 3 fully saturated rings. The zero-order valence-corrected chi connectivity index (χ0v) is 19.0. The van der Waals surface area contributed by atoms with E-state index in [1.165, 1.54) is 62.5 Å². The Hall–Kier alpha value is -0.820. The van der Waals surface area contributed by atoms with Gasteiger partial charge in [-0.1, -0.05) is 76.8 Å². The average Bonchev–Trinajstić information content (AvgIpc) is 2.99. The summed E-state index contributed by atoms with van der Waals surface area (Å²) in [5.41, 5.74) is 4.72. The maximum Gasteiger partial charge on any atom is 0.0583 e. The fraction of sp³-hybridized carbons (Fsp3) is 0.778. The highest BCUT2D eigenvalue weighted by Gasteiger charge is 2.50. The Morgan fingerprint density at radius 1 is 1.11 bits per heavy atom. The molecule has 3 unspecified atom stereocenters. The lowest BCUT2D eigenvalue weighted by Crippen LogP contribution is -2.36. The van der Waals surface area contributed by atoms with Gasteiger partial charge < -0.3 is 5.11 Å². The molecule has 0 saturated heterocycles. The van der Waals surface area contributed by atoms with E-state index >= 15 is 0 Å². The molecule has 1 nitrogen and oxygen atoms in total. The first-order valence-electron chi connectivity index (χ1n) is 12.1. The molecule has 0 aromatic heterocycles. The number of fused-ring (bicyclic) bond motifs is 1. The average molecular weight is 385 g/mol. The van der Waals surface area contributed by atoms with Crippen molar-refractivity contribution >= 4 is 0 Å². The van der Waals surface area contributed by atoms with Gasteiger partial charge in [0.05, 0.1) is 6.10 Å². The molecular weight excluding hydrogens is 340 g/mol. The van der Waals surface area contributed by atoms with Crippen LogP contribution in [0.5, 0.6) is 0 Å². The highest BCUT2D eigenvalue weighted by atomic mass is 16.3. The zero-order valence-electron chi connectivity index (χ0n) is 19.0. The monoisotopic (exact) mass is 384 g/mol. The van der Waals surface area contributed by atoms with Gasteiger partial charge in [-0.25, -0.2) is 0 Å². The molecule has 0 aliphatic heterocycles. The van der Waals surface area contributed by atoms with Crippen LogP contribution in [0.3, 0.4) is 0 Å². The summed E-state index contributed by atoms with van der Waals surface area (Å²) in [7, 11) is 0. The lowest BCUT2D eigenvalue weighted by molar-refractivity contribution is 0.0929. The molecular formula is C27H44O. The van der Waals surface area contributed by atoms with Crippen LogP contribution >= 0.6 is 0 Å². The highest BCUT2D eigenvalue weighted by molar-refractivity contribution is 5.36. The molecule has 3 saturated carbocycles. The van der Waals surface area contributed by atoms with Crippen LogP contribution in [0, 0.1) is 29.1 Å². The van der Waals surface area contributed by atoms with Crippen LogP contribution in [0.2, 0.25) is 0 Å². The molecule has 0 bridgehead atoms. The number of rotatable bonds is 6. The van der Waals surface area contributed by atoms with Crippen molar-refractivity contribution in [3.8, 4) is 0 Å². The van der Waals surface area contributed by atoms with E-state index in [-0.39, 0.29) is 6.10 Å². The molecule has 0 heterocycles. The number of allylic oxidation sites excluding steroid dienone is 4. The van der Waals surface area contributed by atoms with Gasteiger partial charge in [0.2, 0.25) is 0 Å². The highest BCUT2D eigenvalue weighted by Crippen LogP contribution is 2.59. The van der Waals surface area contributed by atoms with Gasteiger partial charge in [-0.2, -0.15) is 0 Å². The van der Waals surface area contributed by atoms with E-state index in [1.807, 2.05) is 0 Å². The Balaban J connectivity index is 1.70. The molecule has 3 aliphatic rings. The fourth-order valence-electron chi connectivity index (χ4n) is 6.66. The Morgan fingerprint density at radius 3 is 2.64 bits per heavy atom. The van der Waals surface area contributed by atoms with E-state index in [2.05, 4.69) is 46.4 Å². The zero-order chi connectivity index (χ0) is 20.3. The first-order chi connectivity index (χ1) is 13.3. The second kappa shape index (κ2) is 9.33. The van der Waals surface area contributed by atoms with E-state index in [0.717, 1.165) is 42.9 Å². The smallest absolute Gasteiger partial charge is 0.0583 e. The van der Waals surface area contributed by atoms with Gasteiger partial charge in [-0.3, -0.25) is 0 Å². The van der Waals surface area contributed by atoms with Crippen molar-refractivity contribution in [3.05, 3.63) is 35.5 Å². The SMILES string of the molecule is C=C1CC[C@H](O)CC1=CC=C1CCCC2(C)C1CCC2[C@H](C)CCCC(C)C. The standard InChI is InChI=1S/C27H44O/c1-19(2)8-6-9-21(4)25-15-16-26-22(10-7-17-27(25,26)5)12-13-23-18-24(28)14-11-20(23)3/h12-13,19,21,24-26,28H,3,6-11,14-18H2,1-2,4-5H3/t21-,24+,25?,26?,27?/m1/s1. The minimum atomic E-state index is -0.172. The molecule has 0 aromatic carbocycles. The maximum atomic E-state index is 10.0. The van der Waals surface area contributed by atoms with Crippen molar-refractivity contribution in [2.45, 2.75) is 104 Å². The van der Waals surface area contributed by atoms with Crippen LogP contribution in [0.1, 0.15) is 98.3 Å². The Bertz CT molecular complexity index is 610. The van der Waals surface area contributed by atoms with Crippen LogP contribution in [0.15, 0.2) is 35.5 Å². The predicted molar refractivity (Wildman–Crippen MR) is 121 cm³/mol. The normalized spacial score (nSPS) is 37.6. The third kappa shape index (κ3) is 4.84. The van der Waals surface area contributed by atoms with Gasteiger partial charge in [-0.15, -0.1) is 0 Å². The number of hydrogen-bond acceptors (Lipinski definition) is 1. The van der Waals surface area contributed by atoms with Gasteiger partial charge in [-0.05, 0) is 86.0 Å². The molecule has 3 rings (SSSR count). The summed E-state index contributed by atoms with van der Waals surface area (Å²) >= 11 is 0. The first-order valence-corrected chi connectivity index (χ1v) is 12.1. The summed E-state index contributed by atoms with van der Waals surface area (Å²) in [5, 5.41) is 10.0. The molecule has 3 aliphatic carbocycles. The lowest BCUT2D eigenvalue weighted by Gasteiger charge is -2.44. The molecule has 0 aromatic rings. The van der Waals surface area contributed by atoms with E-state index in [4.69, 9.17) is 0 Å². The predicted octanol–water partition coefficient (Wildman–Crippen LogP) is 7.62. The van der Waals surface area contributed by atoms with Crippen LogP contribution in [0.4, 0.5) is 0 Å². The molecule has 28 heavy (non-hydrogen) atoms. The maximum absolute atomic E-state index is 10.0. The summed E-state index contributed by atoms with van der Waals surface area (Å²) in [5.74, 6) is 3.37. The van der Waals surface area contributed by atoms with Crippen LogP contribution in [-0.4, -0.2) is 11.2 Å². The van der Waals surface area contributed by atoms with Crippen molar-refractivity contribution in [2.75, 3.05) is 0 Å². The molecule has 0 amide bonds. The minimum Gasteiger partial charge on any atom is -0.393 e. The van der Waals surface area contributed by atoms with E-state index in [1.54, 1.807) is 5.57 Å². The second-order valence-electron chi connectivity index (χ2n) is 10.8. The lowest BCUT2D eigenvalue weighted by atomic mass is 9.60. The first kappa shape index (κ1) is 21.9. The Labute approximate surface area is 174 Å². The minimum absolute atomic E-state index is 0.172. The molecule has 1 N–H and O–H groups in total. The van der Waals surface area contributed by atoms with Crippen molar-refractivity contribution in [3.63, 3.8) is 0 Å². The summed E-state index contributed by atoms with van der Waals surface area (Å²) in [6.45, 7) is 14.1. The Kier molecular flexibility index (Phi) is 7.29. The van der Waals surface area contributed by atoms with Crippen molar-refractivity contribution in [1.29, 1.82) is 0 Å². The second-order valence-corrected chi connectivity index (χ2v) is 10.8. The summed E-state index contributed by atoms with van der Waals surface area (Å²) in [6.07, 6.45) is 18.2. The molecule has 0 radical (unpaired) electrons. The molecule has 0 spiro atoms. The van der Waals surface area contributed by atoms with Crippen molar-refractivity contribution in [2.24, 2.45) is 29.1 Å². The number of hydrogen-bond donors (Lipinski definition) is 1. The third-order valence-corrected chi connectivity index (χ3v) is 8.35. The Morgan fingerprint density at radius 2 is 1.89 bits per heavy atom. The summed E-state index contributed by atoms with van der Waals surface area (Å²) in [6, 6.07) is 0. The molecule has 1 heteroatoms. The number of aliphatic hydroxyl groups is 1. The van der Waals surface area contributed by atoms with Gasteiger partial charge in [0, 0.05) is 0 Å². The van der Waals surface area contributed by atoms with Gasteiger partial charge >= 0.3 is 0 Å². The molecule has 158 valence electrons. The van der Waals surface area contributed by atoms with Crippen LogP contribution < -0.4 is 0 Å². The van der Waals surface area contributed by atoms with Crippen LogP contribution in [-0.2, 0) is 0 Å². The third-order valence-electron chi connectivity index (χ3n) is 8.35. The molecule has 5 atom stereocenters. The van der Waals surface area contributed by atoms with E-state index < -0.39 is 0 Å². The quantitative estimate of drug-likeness (QED) is 0.499. The van der Waals surface area contributed by atoms with E-state index in [0.29, 0.717) is 5.41 Å².